The molecule has 3 fully saturated rings. The fourth-order valence-electron chi connectivity index (χ4n) is 5.92. The SMILES string of the molecule is CC(C)[C@H]1C[C@@H]2C(=O)N(Cc3cccs3)C(=O)[C@@H]2[C@@H]2C[C@@H](c3cc(Br)ccc3O)O[C@]12O. The third kappa shape index (κ3) is 3.34. The van der Waals surface area contributed by atoms with Crippen molar-refractivity contribution in [3.63, 3.8) is 0 Å². The smallest absolute Gasteiger partial charge is 0.233 e. The Labute approximate surface area is 199 Å². The van der Waals surface area contributed by atoms with Crippen molar-refractivity contribution < 1.29 is 24.5 Å². The minimum Gasteiger partial charge on any atom is -0.508 e. The van der Waals surface area contributed by atoms with Crippen LogP contribution in [0.15, 0.2) is 40.2 Å². The number of amides is 2. The van der Waals surface area contributed by atoms with Gasteiger partial charge in [0, 0.05) is 26.7 Å². The van der Waals surface area contributed by atoms with Gasteiger partial charge in [-0.3, -0.25) is 14.5 Å². The van der Waals surface area contributed by atoms with E-state index in [9.17, 15) is 19.8 Å². The molecule has 32 heavy (non-hydrogen) atoms. The highest BCUT2D eigenvalue weighted by Crippen LogP contribution is 2.60. The number of hydrogen-bond donors (Lipinski definition) is 2. The zero-order chi connectivity index (χ0) is 22.8. The van der Waals surface area contributed by atoms with Crippen molar-refractivity contribution in [2.75, 3.05) is 0 Å². The molecule has 6 nitrogen and oxygen atoms in total. The predicted molar refractivity (Wildman–Crippen MR) is 122 cm³/mol. The molecule has 0 radical (unpaired) electrons. The summed E-state index contributed by atoms with van der Waals surface area (Å²) in [5.74, 6) is -3.59. The molecule has 8 heteroatoms. The molecule has 170 valence electrons. The predicted octanol–water partition coefficient (Wildman–Crippen LogP) is 4.46. The summed E-state index contributed by atoms with van der Waals surface area (Å²) in [6.07, 6.45) is 0.228. The molecular formula is C24H26BrNO5S. The number of phenols is 1. The molecule has 2 saturated heterocycles. The molecule has 1 saturated carbocycles. The lowest BCUT2D eigenvalue weighted by molar-refractivity contribution is -0.276. The van der Waals surface area contributed by atoms with Crippen molar-refractivity contribution in [3.05, 3.63) is 50.6 Å². The highest BCUT2D eigenvalue weighted by Gasteiger charge is 2.67. The van der Waals surface area contributed by atoms with Crippen molar-refractivity contribution in [1.29, 1.82) is 0 Å². The van der Waals surface area contributed by atoms with E-state index in [1.54, 1.807) is 18.2 Å². The second kappa shape index (κ2) is 7.94. The Morgan fingerprint density at radius 1 is 1.25 bits per heavy atom. The number of rotatable bonds is 4. The van der Waals surface area contributed by atoms with E-state index >= 15 is 0 Å². The highest BCUT2D eigenvalue weighted by atomic mass is 79.9. The zero-order valence-corrected chi connectivity index (χ0v) is 20.3. The monoisotopic (exact) mass is 519 g/mol. The largest absolute Gasteiger partial charge is 0.508 e. The lowest BCUT2D eigenvalue weighted by Gasteiger charge is -2.46. The second-order valence-electron chi connectivity index (χ2n) is 9.46. The summed E-state index contributed by atoms with van der Waals surface area (Å²) in [7, 11) is 0. The normalized spacial score (nSPS) is 34.3. The van der Waals surface area contributed by atoms with Crippen LogP contribution in [-0.2, 0) is 20.9 Å². The van der Waals surface area contributed by atoms with Crippen LogP contribution in [0, 0.1) is 29.6 Å². The first-order valence-corrected chi connectivity index (χ1v) is 12.6. The molecule has 2 aromatic rings. The molecular weight excluding hydrogens is 494 g/mol. The first-order chi connectivity index (χ1) is 15.2. The molecule has 1 aromatic heterocycles. The van der Waals surface area contributed by atoms with E-state index in [-0.39, 0.29) is 35.9 Å². The number of imide groups is 1. The van der Waals surface area contributed by atoms with Crippen LogP contribution in [0.2, 0.25) is 0 Å². The molecule has 2 N–H and O–H groups in total. The van der Waals surface area contributed by atoms with Crippen LogP contribution in [-0.4, -0.2) is 32.7 Å². The van der Waals surface area contributed by atoms with Gasteiger partial charge in [0.15, 0.2) is 5.79 Å². The van der Waals surface area contributed by atoms with Gasteiger partial charge in [0.05, 0.1) is 24.5 Å². The summed E-state index contributed by atoms with van der Waals surface area (Å²) in [5.41, 5.74) is 0.577. The van der Waals surface area contributed by atoms with Crippen LogP contribution < -0.4 is 0 Å². The van der Waals surface area contributed by atoms with E-state index in [4.69, 9.17) is 4.74 Å². The fraction of sp³-hybridized carbons (Fsp3) is 0.500. The number of fused-ring (bicyclic) bond motifs is 3. The lowest BCUT2D eigenvalue weighted by Crippen LogP contribution is -2.55. The number of halogens is 1. The summed E-state index contributed by atoms with van der Waals surface area (Å²) >= 11 is 4.95. The topological polar surface area (TPSA) is 87.1 Å². The van der Waals surface area contributed by atoms with Gasteiger partial charge in [-0.25, -0.2) is 0 Å². The summed E-state index contributed by atoms with van der Waals surface area (Å²) in [6.45, 7) is 4.30. The Morgan fingerprint density at radius 2 is 2.03 bits per heavy atom. The second-order valence-corrected chi connectivity index (χ2v) is 11.4. The van der Waals surface area contributed by atoms with Crippen molar-refractivity contribution in [2.24, 2.45) is 29.6 Å². The van der Waals surface area contributed by atoms with Crippen molar-refractivity contribution >= 4 is 39.1 Å². The number of carbonyl (C=O) groups excluding carboxylic acids is 2. The van der Waals surface area contributed by atoms with Gasteiger partial charge >= 0.3 is 0 Å². The average Bonchev–Trinajstić information content (AvgIpc) is 3.43. The van der Waals surface area contributed by atoms with Crippen molar-refractivity contribution in [2.45, 2.75) is 45.1 Å². The van der Waals surface area contributed by atoms with Gasteiger partial charge in [-0.1, -0.05) is 35.8 Å². The first-order valence-electron chi connectivity index (χ1n) is 11.0. The standard InChI is InChI=1S/C24H26BrNO5S/c1-12(2)17-9-16-21(23(29)26(22(16)28)11-14-4-3-7-32-14)18-10-20(31-24(17,18)30)15-8-13(25)5-6-19(15)27/h3-8,12,16-18,20-21,27,30H,9-11H2,1-2H3/t16-,17+,18-,20-,21-,24+/m0/s1. The van der Waals surface area contributed by atoms with E-state index in [0.717, 1.165) is 9.35 Å². The van der Waals surface area contributed by atoms with Crippen molar-refractivity contribution in [1.82, 2.24) is 4.90 Å². The number of likely N-dealkylation sites (tertiary alicyclic amines) is 1. The fourth-order valence-corrected chi connectivity index (χ4v) is 7.00. The van der Waals surface area contributed by atoms with Gasteiger partial charge in [0.1, 0.15) is 5.75 Å². The van der Waals surface area contributed by atoms with Gasteiger partial charge in [-0.2, -0.15) is 0 Å². The molecule has 1 aromatic carbocycles. The minimum atomic E-state index is -1.52. The quantitative estimate of drug-likeness (QED) is 0.582. The van der Waals surface area contributed by atoms with Crippen LogP contribution in [0.4, 0.5) is 0 Å². The van der Waals surface area contributed by atoms with E-state index in [1.807, 2.05) is 31.4 Å². The highest BCUT2D eigenvalue weighted by molar-refractivity contribution is 9.10. The maximum Gasteiger partial charge on any atom is 0.233 e. The van der Waals surface area contributed by atoms with Gasteiger partial charge in [-0.05, 0) is 48.4 Å². The Balaban J connectivity index is 1.52. The number of nitrogens with zero attached hydrogens (tertiary/aromatic N) is 1. The first kappa shape index (κ1) is 22.1. The van der Waals surface area contributed by atoms with Crippen LogP contribution in [0.3, 0.4) is 0 Å². The Kier molecular flexibility index (Phi) is 5.47. The van der Waals surface area contributed by atoms with E-state index in [0.29, 0.717) is 18.4 Å². The number of thiophene rings is 1. The average molecular weight is 520 g/mol. The molecule has 2 aliphatic heterocycles. The van der Waals surface area contributed by atoms with Gasteiger partial charge in [0.25, 0.3) is 0 Å². The Morgan fingerprint density at radius 3 is 2.72 bits per heavy atom. The minimum absolute atomic E-state index is 0.0626. The molecule has 3 heterocycles. The molecule has 0 unspecified atom stereocenters. The molecule has 0 bridgehead atoms. The summed E-state index contributed by atoms with van der Waals surface area (Å²) in [5, 5.41) is 24.2. The van der Waals surface area contributed by atoms with E-state index in [1.165, 1.54) is 16.2 Å². The molecule has 6 atom stereocenters. The summed E-state index contributed by atoms with van der Waals surface area (Å²) < 4.78 is 7.07. The molecule has 1 aliphatic carbocycles. The number of phenolic OH excluding ortho intramolecular Hbond substituents is 1. The lowest BCUT2D eigenvalue weighted by atomic mass is 9.62. The third-order valence-electron chi connectivity index (χ3n) is 7.41. The van der Waals surface area contributed by atoms with E-state index in [2.05, 4.69) is 15.9 Å². The Hall–Kier alpha value is -1.74. The number of carbonyl (C=O) groups is 2. The van der Waals surface area contributed by atoms with Gasteiger partial charge < -0.3 is 14.9 Å². The molecule has 0 spiro atoms. The van der Waals surface area contributed by atoms with Crippen LogP contribution in [0.25, 0.3) is 0 Å². The zero-order valence-electron chi connectivity index (χ0n) is 17.9. The number of ether oxygens (including phenoxy) is 1. The van der Waals surface area contributed by atoms with Crippen LogP contribution in [0.1, 0.15) is 43.2 Å². The molecule has 2 amide bonds. The van der Waals surface area contributed by atoms with E-state index < -0.39 is 29.6 Å². The number of aliphatic hydroxyl groups is 1. The number of hydrogen-bond acceptors (Lipinski definition) is 6. The summed E-state index contributed by atoms with van der Waals surface area (Å²) in [4.78, 5) is 29.1. The van der Waals surface area contributed by atoms with Gasteiger partial charge in [-0.15, -0.1) is 11.3 Å². The van der Waals surface area contributed by atoms with Crippen molar-refractivity contribution in [3.8, 4) is 5.75 Å². The third-order valence-corrected chi connectivity index (χ3v) is 8.76. The maximum atomic E-state index is 13.5. The molecule has 3 aliphatic rings. The maximum absolute atomic E-state index is 13.5. The number of benzene rings is 1. The molecule has 5 rings (SSSR count). The van der Waals surface area contributed by atoms with Crippen LogP contribution in [0.5, 0.6) is 5.75 Å². The number of aromatic hydroxyl groups is 1. The Bertz CT molecular complexity index is 1060. The van der Waals surface area contributed by atoms with Crippen LogP contribution >= 0.6 is 27.3 Å². The van der Waals surface area contributed by atoms with Gasteiger partial charge in [0.2, 0.25) is 11.8 Å². The summed E-state index contributed by atoms with van der Waals surface area (Å²) in [6, 6.07) is 8.94.